The molecule has 0 spiro atoms. The van der Waals surface area contributed by atoms with Crippen LogP contribution in [0.5, 0.6) is 0 Å². The van der Waals surface area contributed by atoms with Gasteiger partial charge in [-0.15, -0.1) is 4.67 Å². The summed E-state index contributed by atoms with van der Waals surface area (Å²) >= 11 is 0. The molecule has 0 aliphatic rings. The molecule has 13 nitrogen and oxygen atoms in total. The molecule has 0 aromatic carbocycles. The highest BCUT2D eigenvalue weighted by molar-refractivity contribution is 7.84. The van der Waals surface area contributed by atoms with Crippen LogP contribution in [0.1, 0.15) is 138 Å². The van der Waals surface area contributed by atoms with E-state index in [0.717, 1.165) is 131 Å². The molecule has 0 aromatic rings. The van der Waals surface area contributed by atoms with Gasteiger partial charge in [-0.2, -0.15) is 0 Å². The van der Waals surface area contributed by atoms with Crippen LogP contribution in [0.2, 0.25) is 0 Å². The topological polar surface area (TPSA) is 69.5 Å². The first-order chi connectivity index (χ1) is 29.3. The SMILES string of the molecule is CCN(CC)P(=N[P+](N=P(N(CC)CC)(N(CC)CC)N(CC)CC)(N=P(N(CC)CC)(N(CC)CC)N(CC)CC)N(CC)CC)(N(CC)CC)N(CC)CC.F[B-](F)(F)F. The predicted octanol–water partition coefficient (Wildman–Crippen LogP) is 13.2. The Balaban J connectivity index is 0. The fraction of sp³-hybridized carbons (Fsp3) is 1.00. The number of hydrogen-bond donors (Lipinski definition) is 0. The molecule has 0 bridgehead atoms. The molecule has 0 unspecified atom stereocenters. The normalized spacial score (nSPS) is 13.6. The fourth-order valence-electron chi connectivity index (χ4n) is 8.86. The molecule has 0 atom stereocenters. The van der Waals surface area contributed by atoms with Crippen molar-refractivity contribution in [1.29, 1.82) is 0 Å². The summed E-state index contributed by atoms with van der Waals surface area (Å²) in [5.41, 5.74) is 0. The molecule has 0 fully saturated rings. The highest BCUT2D eigenvalue weighted by Crippen LogP contribution is 2.85. The van der Waals surface area contributed by atoms with Crippen molar-refractivity contribution < 1.29 is 17.3 Å². The van der Waals surface area contributed by atoms with E-state index in [1.54, 1.807) is 0 Å². The summed E-state index contributed by atoms with van der Waals surface area (Å²) in [6.45, 7) is 65.3. The van der Waals surface area contributed by atoms with Gasteiger partial charge in [0.25, 0.3) is 0 Å². The quantitative estimate of drug-likeness (QED) is 0.0361. The van der Waals surface area contributed by atoms with Crippen LogP contribution < -0.4 is 0 Å². The van der Waals surface area contributed by atoms with E-state index in [1.165, 1.54) is 0 Å². The van der Waals surface area contributed by atoms with Gasteiger partial charge in [-0.1, -0.05) is 125 Å². The minimum absolute atomic E-state index is 0.832. The van der Waals surface area contributed by atoms with Crippen LogP contribution in [-0.2, 0) is 0 Å². The molecular weight excluding hydrogens is 873 g/mol. The molecule has 0 N–H and O–H groups in total. The zero-order valence-electron chi connectivity index (χ0n) is 43.8. The molecule has 0 rings (SSSR count). The minimum atomic E-state index is -6.00. The van der Waals surface area contributed by atoms with E-state index in [-0.39, 0.29) is 0 Å². The standard InChI is InChI=1S/C40H100N13P4.BF4/c1-21-44(22-2)54(41-55(45(23-3)24-4,46(25-5)26-6)47(27-7)28-8,42-56(48(29-9)30-10,49(31-11)32-12)50(33-13)34-14)43-57(51(35-15)36-16,52(37-17)38-18)53(39-19)40-20;2-1(3,4)5/h21-40H2,1-20H3;/q+1;-1. The largest absolute Gasteiger partial charge is 0.673 e. The zero-order chi connectivity index (χ0) is 48.5. The Hall–Kier alpha value is 0.505. The van der Waals surface area contributed by atoms with Gasteiger partial charge in [-0.25, -0.2) is 42.0 Å². The van der Waals surface area contributed by atoms with Crippen LogP contribution in [0, 0.1) is 0 Å². The van der Waals surface area contributed by atoms with Gasteiger partial charge in [-0.05, 0) is 27.4 Å². The van der Waals surface area contributed by atoms with E-state index in [9.17, 15) is 17.3 Å². The van der Waals surface area contributed by atoms with Crippen molar-refractivity contribution in [2.75, 3.05) is 131 Å². The average molecular weight is 974 g/mol. The Kier molecular flexibility index (Phi) is 33.6. The van der Waals surface area contributed by atoms with Gasteiger partial charge in [0.05, 0.1) is 0 Å². The molecular formula is C40H100BF4N13P4. The highest BCUT2D eigenvalue weighted by Gasteiger charge is 2.59. The van der Waals surface area contributed by atoms with Crippen molar-refractivity contribution in [3.63, 3.8) is 0 Å². The maximum absolute atomic E-state index is 9.75. The third kappa shape index (κ3) is 15.3. The lowest BCUT2D eigenvalue weighted by Crippen LogP contribution is -2.43. The van der Waals surface area contributed by atoms with E-state index in [2.05, 4.69) is 185 Å². The second kappa shape index (κ2) is 32.3. The van der Waals surface area contributed by atoms with Crippen LogP contribution in [0.25, 0.3) is 0 Å². The molecule has 0 aliphatic carbocycles. The third-order valence-corrected chi connectivity index (χ3v) is 30.8. The summed E-state index contributed by atoms with van der Waals surface area (Å²) in [5, 5.41) is 0. The van der Waals surface area contributed by atoms with Gasteiger partial charge in [0.15, 0.2) is 0 Å². The van der Waals surface area contributed by atoms with Gasteiger partial charge < -0.3 is 17.3 Å². The average Bonchev–Trinajstić information content (AvgIpc) is 3.24. The van der Waals surface area contributed by atoms with Crippen LogP contribution in [0.4, 0.5) is 17.3 Å². The number of nitrogens with zero attached hydrogens (tertiary/aromatic N) is 13. The summed E-state index contributed by atoms with van der Waals surface area (Å²) in [7, 11) is -17.1. The summed E-state index contributed by atoms with van der Waals surface area (Å²) in [4.78, 5) is 0. The molecule has 62 heavy (non-hydrogen) atoms. The van der Waals surface area contributed by atoms with Crippen molar-refractivity contribution in [2.24, 2.45) is 13.5 Å². The van der Waals surface area contributed by atoms with Crippen molar-refractivity contribution in [1.82, 2.24) is 46.7 Å². The Labute approximate surface area is 383 Å². The second-order valence-electron chi connectivity index (χ2n) is 14.3. The lowest BCUT2D eigenvalue weighted by Gasteiger charge is -2.50. The number of rotatable bonds is 33. The Morgan fingerprint density at radius 3 is 0.468 bits per heavy atom. The Morgan fingerprint density at radius 1 is 0.274 bits per heavy atom. The smallest absolute Gasteiger partial charge is 0.418 e. The number of halogens is 4. The Bertz CT molecular complexity index is 1060. The first-order valence-electron chi connectivity index (χ1n) is 24.5. The van der Waals surface area contributed by atoms with E-state index in [1.807, 2.05) is 0 Å². The molecule has 0 aliphatic heterocycles. The monoisotopic (exact) mass is 974 g/mol. The Morgan fingerprint density at radius 2 is 0.387 bits per heavy atom. The van der Waals surface area contributed by atoms with Crippen molar-refractivity contribution in [3.8, 4) is 0 Å². The maximum atomic E-state index is 9.75. The zero-order valence-corrected chi connectivity index (χ0v) is 47.4. The first-order valence-corrected chi connectivity index (χ1v) is 30.9. The molecule has 0 saturated heterocycles. The van der Waals surface area contributed by atoms with Crippen molar-refractivity contribution >= 4 is 37.6 Å². The van der Waals surface area contributed by atoms with E-state index >= 15 is 0 Å². The highest BCUT2D eigenvalue weighted by atomic mass is 31.3. The molecule has 0 amide bonds. The lowest BCUT2D eigenvalue weighted by atomic mass is 10.3. The van der Waals surface area contributed by atoms with Crippen LogP contribution in [0.15, 0.2) is 13.5 Å². The summed E-state index contributed by atoms with van der Waals surface area (Å²) < 4.78 is 87.0. The predicted molar refractivity (Wildman–Crippen MR) is 274 cm³/mol. The molecule has 0 saturated carbocycles. The van der Waals surface area contributed by atoms with Crippen molar-refractivity contribution in [3.05, 3.63) is 0 Å². The third-order valence-electron chi connectivity index (χ3n) is 11.8. The molecule has 0 radical (unpaired) electrons. The summed E-state index contributed by atoms with van der Waals surface area (Å²) in [6, 6.07) is 0. The molecule has 0 aromatic heterocycles. The fourth-order valence-corrected chi connectivity index (χ4v) is 30.4. The maximum Gasteiger partial charge on any atom is 0.673 e. The number of hydrogen-bond acceptors (Lipinski definition) is 4. The molecule has 376 valence electrons. The summed E-state index contributed by atoms with van der Waals surface area (Å²) in [5.74, 6) is 0. The van der Waals surface area contributed by atoms with Gasteiger partial charge in [0.1, 0.15) is 0 Å². The lowest BCUT2D eigenvalue weighted by molar-refractivity contribution is 0.337. The van der Waals surface area contributed by atoms with Crippen LogP contribution >= 0.6 is 30.4 Å². The van der Waals surface area contributed by atoms with Crippen LogP contribution in [0.3, 0.4) is 0 Å². The second-order valence-corrected chi connectivity index (χ2v) is 26.4. The molecule has 22 heteroatoms. The van der Waals surface area contributed by atoms with E-state index in [0.29, 0.717) is 0 Å². The minimum Gasteiger partial charge on any atom is -0.418 e. The first kappa shape index (κ1) is 64.6. The van der Waals surface area contributed by atoms with E-state index in [4.69, 9.17) is 13.5 Å². The van der Waals surface area contributed by atoms with Crippen LogP contribution in [-0.4, -0.2) is 185 Å². The molecule has 0 heterocycles. The van der Waals surface area contributed by atoms with Gasteiger partial charge in [-0.3, -0.25) is 0 Å². The van der Waals surface area contributed by atoms with Gasteiger partial charge in [0, 0.05) is 131 Å². The van der Waals surface area contributed by atoms with Crippen molar-refractivity contribution in [2.45, 2.75) is 138 Å². The van der Waals surface area contributed by atoms with E-state index < -0.39 is 37.6 Å². The van der Waals surface area contributed by atoms with Gasteiger partial charge >= 0.3 is 15.1 Å². The summed E-state index contributed by atoms with van der Waals surface area (Å²) in [6.07, 6.45) is 0. The van der Waals surface area contributed by atoms with Gasteiger partial charge in [0.2, 0.25) is 22.5 Å².